The highest BCUT2D eigenvalue weighted by Gasteiger charge is 2.03. The highest BCUT2D eigenvalue weighted by atomic mass is 35.7. The molecule has 104 valence electrons. The molecule has 2 rings (SSSR count). The van der Waals surface area contributed by atoms with E-state index >= 15 is 0 Å². The van der Waals surface area contributed by atoms with Crippen molar-refractivity contribution in [3.8, 4) is 5.75 Å². The SMILES string of the molecule is O=C(NCc1cccc(O)c1)Nc1cccc(SCl)c1. The minimum Gasteiger partial charge on any atom is -0.508 e. The number of benzene rings is 2. The Labute approximate surface area is 125 Å². The summed E-state index contributed by atoms with van der Waals surface area (Å²) in [5.41, 5.74) is 1.49. The molecule has 0 spiro atoms. The van der Waals surface area contributed by atoms with Gasteiger partial charge in [0.15, 0.2) is 0 Å². The number of amides is 2. The van der Waals surface area contributed by atoms with Gasteiger partial charge in [-0.1, -0.05) is 18.2 Å². The number of aromatic hydroxyl groups is 1. The monoisotopic (exact) mass is 308 g/mol. The van der Waals surface area contributed by atoms with Gasteiger partial charge >= 0.3 is 6.03 Å². The second kappa shape index (κ2) is 7.07. The topological polar surface area (TPSA) is 61.4 Å². The van der Waals surface area contributed by atoms with Gasteiger partial charge in [0.1, 0.15) is 5.75 Å². The molecule has 0 aliphatic heterocycles. The molecule has 20 heavy (non-hydrogen) atoms. The van der Waals surface area contributed by atoms with Crippen LogP contribution in [0.4, 0.5) is 10.5 Å². The molecule has 6 heteroatoms. The average molecular weight is 309 g/mol. The summed E-state index contributed by atoms with van der Waals surface area (Å²) < 4.78 is 0. The molecular formula is C14H13ClN2O2S. The van der Waals surface area contributed by atoms with Gasteiger partial charge in [0.05, 0.1) is 0 Å². The molecule has 0 saturated carbocycles. The average Bonchev–Trinajstić information content (AvgIpc) is 2.45. The number of urea groups is 1. The fourth-order valence-electron chi connectivity index (χ4n) is 1.65. The first kappa shape index (κ1) is 14.6. The maximum absolute atomic E-state index is 11.7. The van der Waals surface area contributed by atoms with E-state index in [0.717, 1.165) is 21.4 Å². The lowest BCUT2D eigenvalue weighted by Crippen LogP contribution is -2.28. The first-order valence-electron chi connectivity index (χ1n) is 5.89. The number of halogens is 1. The summed E-state index contributed by atoms with van der Waals surface area (Å²) in [4.78, 5) is 12.6. The van der Waals surface area contributed by atoms with E-state index in [1.165, 1.54) is 0 Å². The number of carbonyl (C=O) groups is 1. The Morgan fingerprint density at radius 1 is 1.20 bits per heavy atom. The van der Waals surface area contributed by atoms with Gasteiger partial charge in [-0.3, -0.25) is 0 Å². The smallest absolute Gasteiger partial charge is 0.319 e. The molecule has 4 nitrogen and oxygen atoms in total. The standard InChI is InChI=1S/C14H13ClN2O2S/c15-20-13-6-2-4-11(8-13)17-14(19)16-9-10-3-1-5-12(18)7-10/h1-8,18H,9H2,(H2,16,17,19). The van der Waals surface area contributed by atoms with E-state index in [-0.39, 0.29) is 11.8 Å². The van der Waals surface area contributed by atoms with Crippen molar-refractivity contribution in [1.29, 1.82) is 0 Å². The van der Waals surface area contributed by atoms with Crippen molar-refractivity contribution >= 4 is 33.4 Å². The van der Waals surface area contributed by atoms with Crippen molar-refractivity contribution in [3.05, 3.63) is 54.1 Å². The van der Waals surface area contributed by atoms with Gasteiger partial charge in [-0.05, 0) is 57.6 Å². The van der Waals surface area contributed by atoms with E-state index in [1.807, 2.05) is 18.2 Å². The maximum Gasteiger partial charge on any atom is 0.319 e. The molecule has 0 heterocycles. The van der Waals surface area contributed by atoms with Crippen LogP contribution in [-0.4, -0.2) is 11.1 Å². The molecule has 0 fully saturated rings. The normalized spacial score (nSPS) is 10.1. The van der Waals surface area contributed by atoms with Crippen LogP contribution in [0, 0.1) is 0 Å². The van der Waals surface area contributed by atoms with E-state index in [9.17, 15) is 9.90 Å². The highest BCUT2D eigenvalue weighted by molar-refractivity contribution is 8.21. The Hall–Kier alpha value is -1.85. The Morgan fingerprint density at radius 2 is 2.00 bits per heavy atom. The molecule has 2 amide bonds. The lowest BCUT2D eigenvalue weighted by atomic mass is 10.2. The molecule has 0 aromatic heterocycles. The predicted molar refractivity (Wildman–Crippen MR) is 82.1 cm³/mol. The zero-order valence-electron chi connectivity index (χ0n) is 10.5. The van der Waals surface area contributed by atoms with Crippen LogP contribution in [0.15, 0.2) is 53.4 Å². The van der Waals surface area contributed by atoms with E-state index in [2.05, 4.69) is 10.6 Å². The number of hydrogen-bond acceptors (Lipinski definition) is 3. The van der Waals surface area contributed by atoms with Crippen LogP contribution in [0.1, 0.15) is 5.56 Å². The highest BCUT2D eigenvalue weighted by Crippen LogP contribution is 2.24. The summed E-state index contributed by atoms with van der Waals surface area (Å²) in [6.45, 7) is 0.337. The predicted octanol–water partition coefficient (Wildman–Crippen LogP) is 3.96. The number of carbonyl (C=O) groups excluding carboxylic acids is 1. The molecule has 0 saturated heterocycles. The van der Waals surface area contributed by atoms with Crippen molar-refractivity contribution < 1.29 is 9.90 Å². The zero-order valence-corrected chi connectivity index (χ0v) is 12.0. The minimum atomic E-state index is -0.315. The summed E-state index contributed by atoms with van der Waals surface area (Å²) in [5, 5.41) is 14.8. The molecule has 0 radical (unpaired) electrons. The second-order valence-corrected chi connectivity index (χ2v) is 5.17. The van der Waals surface area contributed by atoms with Crippen LogP contribution in [0.2, 0.25) is 0 Å². The van der Waals surface area contributed by atoms with Gasteiger partial charge in [-0.15, -0.1) is 0 Å². The quantitative estimate of drug-likeness (QED) is 0.801. The van der Waals surface area contributed by atoms with Gasteiger partial charge in [0.25, 0.3) is 0 Å². The molecule has 2 aromatic carbocycles. The van der Waals surface area contributed by atoms with Gasteiger partial charge in [0.2, 0.25) is 0 Å². The van der Waals surface area contributed by atoms with Crippen LogP contribution in [0.3, 0.4) is 0 Å². The Morgan fingerprint density at radius 3 is 2.75 bits per heavy atom. The van der Waals surface area contributed by atoms with Crippen molar-refractivity contribution in [2.45, 2.75) is 11.4 Å². The number of rotatable bonds is 4. The molecule has 2 aromatic rings. The number of phenols is 1. The molecule has 0 bridgehead atoms. The number of phenolic OH excluding ortho intramolecular Hbond substituents is 1. The van der Waals surface area contributed by atoms with Gasteiger partial charge in [-0.2, -0.15) is 0 Å². The van der Waals surface area contributed by atoms with E-state index < -0.39 is 0 Å². The third kappa shape index (κ3) is 4.36. The van der Waals surface area contributed by atoms with Gasteiger partial charge in [-0.25, -0.2) is 4.79 Å². The number of hydrogen-bond donors (Lipinski definition) is 3. The molecule has 0 atom stereocenters. The molecule has 0 aliphatic carbocycles. The number of anilines is 1. The summed E-state index contributed by atoms with van der Waals surface area (Å²) in [6.07, 6.45) is 0. The van der Waals surface area contributed by atoms with Crippen LogP contribution in [0.25, 0.3) is 0 Å². The second-order valence-electron chi connectivity index (χ2n) is 4.08. The zero-order chi connectivity index (χ0) is 14.4. The van der Waals surface area contributed by atoms with E-state index in [0.29, 0.717) is 12.2 Å². The fourth-order valence-corrected chi connectivity index (χ4v) is 2.24. The van der Waals surface area contributed by atoms with Gasteiger partial charge < -0.3 is 15.7 Å². The van der Waals surface area contributed by atoms with Crippen molar-refractivity contribution in [3.63, 3.8) is 0 Å². The van der Waals surface area contributed by atoms with Crippen LogP contribution in [-0.2, 0) is 6.54 Å². The molecule has 0 unspecified atom stereocenters. The van der Waals surface area contributed by atoms with Crippen LogP contribution < -0.4 is 10.6 Å². The maximum atomic E-state index is 11.7. The third-order valence-electron chi connectivity index (χ3n) is 2.54. The van der Waals surface area contributed by atoms with Crippen molar-refractivity contribution in [1.82, 2.24) is 5.32 Å². The fraction of sp³-hybridized carbons (Fsp3) is 0.0714. The molecular weight excluding hydrogens is 296 g/mol. The summed E-state index contributed by atoms with van der Waals surface area (Å²) >= 11 is 0. The summed E-state index contributed by atoms with van der Waals surface area (Å²) in [6, 6.07) is 13.7. The first-order chi connectivity index (χ1) is 9.67. The Bertz CT molecular complexity index is 607. The van der Waals surface area contributed by atoms with Crippen molar-refractivity contribution in [2.75, 3.05) is 5.32 Å². The first-order valence-corrected chi connectivity index (χ1v) is 7.53. The van der Waals surface area contributed by atoms with E-state index in [1.54, 1.807) is 30.3 Å². The third-order valence-corrected chi connectivity index (χ3v) is 3.51. The molecule has 0 aliphatic rings. The Balaban J connectivity index is 1.89. The minimum absolute atomic E-state index is 0.177. The lowest BCUT2D eigenvalue weighted by Gasteiger charge is -2.08. The molecule has 3 N–H and O–H groups in total. The van der Waals surface area contributed by atoms with E-state index in [4.69, 9.17) is 10.7 Å². The largest absolute Gasteiger partial charge is 0.508 e. The summed E-state index contributed by atoms with van der Waals surface area (Å²) in [7, 11) is 6.75. The number of nitrogens with one attached hydrogen (secondary N) is 2. The Kier molecular flexibility index (Phi) is 5.15. The summed E-state index contributed by atoms with van der Waals surface area (Å²) in [5.74, 6) is 0.177. The van der Waals surface area contributed by atoms with Crippen LogP contribution >= 0.6 is 21.7 Å². The van der Waals surface area contributed by atoms with Crippen LogP contribution in [0.5, 0.6) is 5.75 Å². The van der Waals surface area contributed by atoms with Gasteiger partial charge in [0, 0.05) is 17.1 Å². The van der Waals surface area contributed by atoms with Crippen molar-refractivity contribution in [2.24, 2.45) is 0 Å². The lowest BCUT2D eigenvalue weighted by molar-refractivity contribution is 0.251.